The molecule has 9 heteroatoms. The zero-order chi connectivity index (χ0) is 19.8. The molecule has 0 saturated carbocycles. The van der Waals surface area contributed by atoms with E-state index in [1.807, 2.05) is 6.07 Å². The molecule has 1 fully saturated rings. The van der Waals surface area contributed by atoms with E-state index in [2.05, 4.69) is 38.9 Å². The zero-order valence-electron chi connectivity index (χ0n) is 15.8. The maximum atomic E-state index is 11.3. The minimum Gasteiger partial charge on any atom is -0.494 e. The number of nitro groups is 1. The number of nitrogen functional groups attached to an aromatic ring is 1. The number of hydrogen-bond donors (Lipinski definition) is 2. The highest BCUT2D eigenvalue weighted by Gasteiger charge is 2.20. The number of fused-ring (bicyclic) bond motifs is 1. The summed E-state index contributed by atoms with van der Waals surface area (Å²) in [5, 5.41) is 11.3. The van der Waals surface area contributed by atoms with Gasteiger partial charge in [-0.15, -0.1) is 0 Å². The molecule has 1 aliphatic heterocycles. The first kappa shape index (κ1) is 18.1. The first-order valence-electron chi connectivity index (χ1n) is 9.02. The molecule has 0 radical (unpaired) electrons. The van der Waals surface area contributed by atoms with Crippen molar-refractivity contribution in [2.24, 2.45) is 0 Å². The summed E-state index contributed by atoms with van der Waals surface area (Å²) in [7, 11) is 3.56. The molecule has 0 aliphatic carbocycles. The second-order valence-corrected chi connectivity index (χ2v) is 6.95. The van der Waals surface area contributed by atoms with Crippen molar-refractivity contribution in [3.8, 4) is 17.1 Å². The van der Waals surface area contributed by atoms with Crippen LogP contribution < -0.4 is 15.4 Å². The van der Waals surface area contributed by atoms with Crippen LogP contribution in [0.25, 0.3) is 22.4 Å². The molecule has 1 aromatic heterocycles. The van der Waals surface area contributed by atoms with Crippen molar-refractivity contribution in [1.82, 2.24) is 14.9 Å². The number of benzene rings is 2. The number of likely N-dealkylation sites (N-methyl/N-ethyl adjacent to an activating group) is 1. The molecular weight excluding hydrogens is 360 g/mol. The first-order valence-corrected chi connectivity index (χ1v) is 9.02. The van der Waals surface area contributed by atoms with E-state index in [0.717, 1.165) is 42.9 Å². The van der Waals surface area contributed by atoms with Gasteiger partial charge in [0.05, 0.1) is 23.1 Å². The highest BCUT2D eigenvalue weighted by Crippen LogP contribution is 2.36. The molecule has 0 amide bonds. The van der Waals surface area contributed by atoms with Crippen molar-refractivity contribution in [3.05, 3.63) is 40.4 Å². The van der Waals surface area contributed by atoms with Gasteiger partial charge in [0.25, 0.3) is 5.69 Å². The molecule has 0 atom stereocenters. The Kier molecular flexibility index (Phi) is 4.52. The van der Waals surface area contributed by atoms with Crippen molar-refractivity contribution < 1.29 is 9.66 Å². The van der Waals surface area contributed by atoms with Crippen LogP contribution in [0, 0.1) is 10.1 Å². The number of ether oxygens (including phenoxy) is 1. The average molecular weight is 382 g/mol. The quantitative estimate of drug-likeness (QED) is 0.405. The summed E-state index contributed by atoms with van der Waals surface area (Å²) in [6.07, 6.45) is 0. The Bertz CT molecular complexity index is 1040. The smallest absolute Gasteiger partial charge is 0.296 e. The first-order chi connectivity index (χ1) is 13.5. The van der Waals surface area contributed by atoms with E-state index in [1.54, 1.807) is 6.07 Å². The van der Waals surface area contributed by atoms with E-state index in [-0.39, 0.29) is 17.1 Å². The van der Waals surface area contributed by atoms with Crippen molar-refractivity contribution in [2.45, 2.75) is 0 Å². The average Bonchev–Trinajstić information content (AvgIpc) is 3.11. The van der Waals surface area contributed by atoms with E-state index in [4.69, 9.17) is 10.5 Å². The van der Waals surface area contributed by atoms with Gasteiger partial charge >= 0.3 is 0 Å². The molecule has 0 spiro atoms. The summed E-state index contributed by atoms with van der Waals surface area (Å²) < 4.78 is 5.20. The van der Waals surface area contributed by atoms with Gasteiger partial charge in [-0.05, 0) is 31.3 Å². The van der Waals surface area contributed by atoms with Gasteiger partial charge in [-0.2, -0.15) is 0 Å². The van der Waals surface area contributed by atoms with Crippen LogP contribution in [0.5, 0.6) is 5.75 Å². The predicted octanol–water partition coefficient (Wildman–Crippen LogP) is 2.48. The summed E-state index contributed by atoms with van der Waals surface area (Å²) in [5.41, 5.74) is 8.99. The lowest BCUT2D eigenvalue weighted by Crippen LogP contribution is -2.44. The highest BCUT2D eigenvalue weighted by molar-refractivity contribution is 5.84. The van der Waals surface area contributed by atoms with Gasteiger partial charge in [0, 0.05) is 43.5 Å². The third-order valence-electron chi connectivity index (χ3n) is 5.14. The van der Waals surface area contributed by atoms with Crippen molar-refractivity contribution in [1.29, 1.82) is 0 Å². The van der Waals surface area contributed by atoms with E-state index in [0.29, 0.717) is 11.4 Å². The lowest BCUT2D eigenvalue weighted by atomic mass is 10.1. The maximum Gasteiger partial charge on any atom is 0.296 e. The lowest BCUT2D eigenvalue weighted by molar-refractivity contribution is -0.383. The van der Waals surface area contributed by atoms with Crippen LogP contribution in [0.15, 0.2) is 30.3 Å². The van der Waals surface area contributed by atoms with Crippen LogP contribution >= 0.6 is 0 Å². The summed E-state index contributed by atoms with van der Waals surface area (Å²) in [5.74, 6) is 0.787. The van der Waals surface area contributed by atoms with E-state index in [1.165, 1.54) is 13.2 Å². The fourth-order valence-electron chi connectivity index (χ4n) is 3.46. The number of imidazole rings is 1. The normalized spacial score (nSPS) is 15.1. The summed E-state index contributed by atoms with van der Waals surface area (Å²) in [4.78, 5) is 23.3. The topological polar surface area (TPSA) is 114 Å². The van der Waals surface area contributed by atoms with Crippen LogP contribution in [0.2, 0.25) is 0 Å². The molecular formula is C19H22N6O3. The van der Waals surface area contributed by atoms with Crippen molar-refractivity contribution in [3.63, 3.8) is 0 Å². The standard InChI is InChI=1S/C19H22N6O3/c1-23-5-7-24(8-6-23)13-3-4-14-15(11-13)22-19(21-14)12-9-16(25(26)27)18(20)17(10-12)28-2/h3-4,9-11H,5-8,20H2,1-2H3,(H,21,22). The molecule has 146 valence electrons. The fraction of sp³-hybridized carbons (Fsp3) is 0.316. The summed E-state index contributed by atoms with van der Waals surface area (Å²) in [6.45, 7) is 4.01. The minimum atomic E-state index is -0.518. The Balaban J connectivity index is 1.72. The number of aromatic nitrogens is 2. The number of piperazine rings is 1. The Morgan fingerprint density at radius 2 is 1.96 bits per heavy atom. The number of anilines is 2. The number of rotatable bonds is 4. The highest BCUT2D eigenvalue weighted by atomic mass is 16.6. The van der Waals surface area contributed by atoms with Gasteiger partial charge in [0.15, 0.2) is 5.69 Å². The number of nitrogens with two attached hydrogens (primary N) is 1. The Hall–Kier alpha value is -3.33. The van der Waals surface area contributed by atoms with E-state index < -0.39 is 4.92 Å². The number of H-pyrrole nitrogens is 1. The van der Waals surface area contributed by atoms with Crippen molar-refractivity contribution in [2.75, 3.05) is 51.0 Å². The van der Waals surface area contributed by atoms with Crippen LogP contribution in [0.4, 0.5) is 17.1 Å². The Morgan fingerprint density at radius 1 is 1.21 bits per heavy atom. The number of nitrogens with one attached hydrogen (secondary N) is 1. The van der Waals surface area contributed by atoms with E-state index in [9.17, 15) is 10.1 Å². The molecule has 0 bridgehead atoms. The van der Waals surface area contributed by atoms with Crippen LogP contribution in [0.3, 0.4) is 0 Å². The predicted molar refractivity (Wildman–Crippen MR) is 109 cm³/mol. The Labute approximate surface area is 161 Å². The number of nitro benzene ring substituents is 1. The van der Waals surface area contributed by atoms with Gasteiger partial charge in [-0.3, -0.25) is 10.1 Å². The molecule has 1 saturated heterocycles. The van der Waals surface area contributed by atoms with Crippen molar-refractivity contribution >= 4 is 28.1 Å². The van der Waals surface area contributed by atoms with E-state index >= 15 is 0 Å². The molecule has 2 heterocycles. The molecule has 28 heavy (non-hydrogen) atoms. The molecule has 3 N–H and O–H groups in total. The van der Waals surface area contributed by atoms with Gasteiger partial charge in [0.1, 0.15) is 11.6 Å². The summed E-state index contributed by atoms with van der Waals surface area (Å²) >= 11 is 0. The third kappa shape index (κ3) is 3.20. The maximum absolute atomic E-state index is 11.3. The number of nitrogens with zero attached hydrogens (tertiary/aromatic N) is 4. The van der Waals surface area contributed by atoms with Crippen LogP contribution in [-0.4, -0.2) is 60.1 Å². The minimum absolute atomic E-state index is 0.00436. The molecule has 0 unspecified atom stereocenters. The zero-order valence-corrected chi connectivity index (χ0v) is 15.8. The molecule has 2 aromatic carbocycles. The second kappa shape index (κ2) is 7.01. The van der Waals surface area contributed by atoms with Gasteiger partial charge in [0.2, 0.25) is 0 Å². The number of aromatic amines is 1. The Morgan fingerprint density at radius 3 is 2.64 bits per heavy atom. The lowest BCUT2D eigenvalue weighted by Gasteiger charge is -2.34. The third-order valence-corrected chi connectivity index (χ3v) is 5.14. The largest absolute Gasteiger partial charge is 0.494 e. The SMILES string of the molecule is COc1cc(-c2nc3ccc(N4CCN(C)CC4)cc3[nH]2)cc([N+](=O)[O-])c1N. The van der Waals surface area contributed by atoms with Gasteiger partial charge in [-0.1, -0.05) is 0 Å². The van der Waals surface area contributed by atoms with Crippen LogP contribution in [-0.2, 0) is 0 Å². The van der Waals surface area contributed by atoms with Crippen LogP contribution in [0.1, 0.15) is 0 Å². The number of methoxy groups -OCH3 is 1. The summed E-state index contributed by atoms with van der Waals surface area (Å²) in [6, 6.07) is 9.16. The van der Waals surface area contributed by atoms with Gasteiger partial charge < -0.3 is 25.3 Å². The van der Waals surface area contributed by atoms with Gasteiger partial charge in [-0.25, -0.2) is 4.98 Å². The fourth-order valence-corrected chi connectivity index (χ4v) is 3.46. The molecule has 4 rings (SSSR count). The molecule has 3 aromatic rings. The second-order valence-electron chi connectivity index (χ2n) is 6.95. The monoisotopic (exact) mass is 382 g/mol. The number of hydrogen-bond acceptors (Lipinski definition) is 7. The molecule has 9 nitrogen and oxygen atoms in total. The molecule has 1 aliphatic rings.